The van der Waals surface area contributed by atoms with Crippen LogP contribution in [0.15, 0.2) is 77.7 Å². The molecule has 0 radical (unpaired) electrons. The number of fused-ring (bicyclic) bond motifs is 2. The molecule has 0 saturated carbocycles. The van der Waals surface area contributed by atoms with Gasteiger partial charge >= 0.3 is 0 Å². The van der Waals surface area contributed by atoms with Gasteiger partial charge in [0.1, 0.15) is 0 Å². The molecule has 2 atom stereocenters. The second-order valence-corrected chi connectivity index (χ2v) is 8.83. The zero-order valence-electron chi connectivity index (χ0n) is 16.5. The number of rotatable bonds is 5. The van der Waals surface area contributed by atoms with E-state index >= 15 is 0 Å². The van der Waals surface area contributed by atoms with Gasteiger partial charge < -0.3 is 4.55 Å². The molecular weight excluding hydrogens is 362 g/mol. The first kappa shape index (κ1) is 19.3. The van der Waals surface area contributed by atoms with Crippen molar-refractivity contribution in [2.24, 2.45) is 0 Å². The quantitative estimate of drug-likeness (QED) is 0.600. The van der Waals surface area contributed by atoms with E-state index in [-0.39, 0.29) is 12.0 Å². The van der Waals surface area contributed by atoms with Crippen LogP contribution in [-0.2, 0) is 24.2 Å². The molecule has 0 aliphatic heterocycles. The summed E-state index contributed by atoms with van der Waals surface area (Å²) in [6.07, 6.45) is 3.02. The van der Waals surface area contributed by atoms with Gasteiger partial charge in [0.05, 0.1) is 17.4 Å². The van der Waals surface area contributed by atoms with E-state index < -0.39 is 11.4 Å². The maximum Gasteiger partial charge on any atom is 0.173 e. The second-order valence-electron chi connectivity index (χ2n) is 7.59. The predicted molar refractivity (Wildman–Crippen MR) is 117 cm³/mol. The van der Waals surface area contributed by atoms with Crippen molar-refractivity contribution in [3.05, 3.63) is 101 Å². The molecule has 144 valence electrons. The lowest BCUT2D eigenvalue weighted by molar-refractivity contribution is 0.503. The Hall–Kier alpha value is -2.07. The van der Waals surface area contributed by atoms with Crippen LogP contribution in [-0.4, -0.2) is 10.6 Å². The molecule has 0 saturated heterocycles. The van der Waals surface area contributed by atoms with Crippen LogP contribution in [0.2, 0.25) is 0 Å². The SMILES string of the molecule is CC[C@@H](N[S@@+]([O-])c1ccc(C)cc1)C1c2ccccc2CCc2ccccc21. The summed E-state index contributed by atoms with van der Waals surface area (Å²) in [6, 6.07) is 25.6. The summed E-state index contributed by atoms with van der Waals surface area (Å²) in [4.78, 5) is 0.833. The van der Waals surface area contributed by atoms with E-state index in [2.05, 4.69) is 60.2 Å². The topological polar surface area (TPSA) is 35.1 Å². The van der Waals surface area contributed by atoms with Crippen molar-refractivity contribution in [1.29, 1.82) is 0 Å². The van der Waals surface area contributed by atoms with Gasteiger partial charge in [-0.05, 0) is 60.6 Å². The van der Waals surface area contributed by atoms with Crippen molar-refractivity contribution in [3.8, 4) is 0 Å². The summed E-state index contributed by atoms with van der Waals surface area (Å²) in [6.45, 7) is 4.23. The molecule has 2 nitrogen and oxygen atoms in total. The molecule has 4 rings (SSSR count). The van der Waals surface area contributed by atoms with Gasteiger partial charge in [0, 0.05) is 5.92 Å². The third-order valence-corrected chi connectivity index (χ3v) is 7.00. The lowest BCUT2D eigenvalue weighted by Crippen LogP contribution is -2.39. The summed E-state index contributed by atoms with van der Waals surface area (Å²) in [7, 11) is 0. The Balaban J connectivity index is 1.71. The molecule has 0 heterocycles. The van der Waals surface area contributed by atoms with Crippen molar-refractivity contribution in [2.45, 2.75) is 50.0 Å². The van der Waals surface area contributed by atoms with E-state index in [1.54, 1.807) is 0 Å². The Morgan fingerprint density at radius 2 is 1.43 bits per heavy atom. The molecule has 3 aromatic rings. The summed E-state index contributed by atoms with van der Waals surface area (Å²) in [5, 5.41) is 0. The molecule has 0 spiro atoms. The van der Waals surface area contributed by atoms with E-state index in [9.17, 15) is 4.55 Å². The van der Waals surface area contributed by atoms with Crippen molar-refractivity contribution in [1.82, 2.24) is 4.72 Å². The van der Waals surface area contributed by atoms with E-state index in [0.29, 0.717) is 0 Å². The monoisotopic (exact) mass is 389 g/mol. The fourth-order valence-electron chi connectivity index (χ4n) is 4.26. The van der Waals surface area contributed by atoms with Crippen molar-refractivity contribution in [3.63, 3.8) is 0 Å². The molecule has 0 amide bonds. The highest BCUT2D eigenvalue weighted by Gasteiger charge is 2.32. The average molecular weight is 390 g/mol. The van der Waals surface area contributed by atoms with Crippen LogP contribution in [0, 0.1) is 6.92 Å². The van der Waals surface area contributed by atoms with Crippen molar-refractivity contribution in [2.75, 3.05) is 0 Å². The largest absolute Gasteiger partial charge is 0.593 e. The summed E-state index contributed by atoms with van der Waals surface area (Å²) < 4.78 is 16.5. The lowest BCUT2D eigenvalue weighted by atomic mass is 9.82. The Bertz CT molecular complexity index is 890. The Morgan fingerprint density at radius 1 is 0.893 bits per heavy atom. The zero-order chi connectivity index (χ0) is 19.5. The van der Waals surface area contributed by atoms with Crippen LogP contribution >= 0.6 is 0 Å². The van der Waals surface area contributed by atoms with E-state index in [0.717, 1.165) is 24.2 Å². The molecule has 1 aliphatic rings. The minimum absolute atomic E-state index is 0.0996. The average Bonchev–Trinajstić information content (AvgIpc) is 2.89. The number of hydrogen-bond donors (Lipinski definition) is 1. The van der Waals surface area contributed by atoms with E-state index in [1.807, 2.05) is 31.2 Å². The summed E-state index contributed by atoms with van der Waals surface area (Å²) in [5.74, 6) is 0.203. The van der Waals surface area contributed by atoms with Crippen LogP contribution in [0.4, 0.5) is 0 Å². The first-order chi connectivity index (χ1) is 13.7. The lowest BCUT2D eigenvalue weighted by Gasteiger charge is -2.29. The van der Waals surface area contributed by atoms with Crippen LogP contribution < -0.4 is 4.72 Å². The standard InChI is InChI=1S/C25H27NOS/c1-3-24(26-28(27)21-16-12-18(2)13-17-21)25-22-10-6-4-8-19(22)14-15-20-9-5-7-11-23(20)25/h4-13,16-17,24-26H,3,14-15H2,1-2H3/t24-,28+/m1/s1. The molecular formula is C25H27NOS. The van der Waals surface area contributed by atoms with Gasteiger partial charge in [0.15, 0.2) is 4.90 Å². The van der Waals surface area contributed by atoms with Crippen LogP contribution in [0.1, 0.15) is 47.1 Å². The zero-order valence-corrected chi connectivity index (χ0v) is 17.3. The fourth-order valence-corrected chi connectivity index (χ4v) is 5.35. The third-order valence-electron chi connectivity index (χ3n) is 5.78. The molecule has 0 bridgehead atoms. The maximum absolute atomic E-state index is 13.1. The molecule has 1 aliphatic carbocycles. The van der Waals surface area contributed by atoms with Crippen LogP contribution in [0.25, 0.3) is 0 Å². The van der Waals surface area contributed by atoms with E-state index in [4.69, 9.17) is 0 Å². The molecule has 3 aromatic carbocycles. The van der Waals surface area contributed by atoms with E-state index in [1.165, 1.54) is 27.8 Å². The van der Waals surface area contributed by atoms with Gasteiger partial charge in [-0.3, -0.25) is 0 Å². The highest BCUT2D eigenvalue weighted by molar-refractivity contribution is 7.89. The maximum atomic E-state index is 13.1. The van der Waals surface area contributed by atoms with Gasteiger partial charge in [-0.15, -0.1) is 4.72 Å². The van der Waals surface area contributed by atoms with Crippen LogP contribution in [0.5, 0.6) is 0 Å². The predicted octanol–water partition coefficient (Wildman–Crippen LogP) is 5.32. The van der Waals surface area contributed by atoms with Gasteiger partial charge in [-0.25, -0.2) is 0 Å². The number of aryl methyl sites for hydroxylation is 3. The van der Waals surface area contributed by atoms with Gasteiger partial charge in [-0.1, -0.05) is 73.2 Å². The summed E-state index contributed by atoms with van der Waals surface area (Å²) in [5.41, 5.74) is 6.73. The molecule has 0 aromatic heterocycles. The first-order valence-electron chi connectivity index (χ1n) is 10.1. The smallest absolute Gasteiger partial charge is 0.173 e. The van der Waals surface area contributed by atoms with Gasteiger partial charge in [-0.2, -0.15) is 0 Å². The Labute approximate surface area is 171 Å². The first-order valence-corrected chi connectivity index (χ1v) is 11.2. The highest BCUT2D eigenvalue weighted by Crippen LogP contribution is 2.37. The Kier molecular flexibility index (Phi) is 5.86. The molecule has 28 heavy (non-hydrogen) atoms. The molecule has 3 heteroatoms. The van der Waals surface area contributed by atoms with Crippen molar-refractivity contribution < 1.29 is 4.55 Å². The summed E-state index contributed by atoms with van der Waals surface area (Å²) >= 11 is -1.23. The number of hydrogen-bond acceptors (Lipinski definition) is 2. The minimum Gasteiger partial charge on any atom is -0.593 e. The molecule has 1 N–H and O–H groups in total. The third kappa shape index (κ3) is 3.88. The molecule has 0 unspecified atom stereocenters. The second kappa shape index (κ2) is 8.52. The fraction of sp³-hybridized carbons (Fsp3) is 0.280. The Morgan fingerprint density at radius 3 is 1.96 bits per heavy atom. The normalized spacial score (nSPS) is 16.0. The minimum atomic E-state index is -1.23. The van der Waals surface area contributed by atoms with Crippen LogP contribution in [0.3, 0.4) is 0 Å². The van der Waals surface area contributed by atoms with Gasteiger partial charge in [0.2, 0.25) is 0 Å². The van der Waals surface area contributed by atoms with Gasteiger partial charge in [0.25, 0.3) is 0 Å². The highest BCUT2D eigenvalue weighted by atomic mass is 32.2. The number of benzene rings is 3. The van der Waals surface area contributed by atoms with Crippen molar-refractivity contribution >= 4 is 11.4 Å². The molecule has 0 fully saturated rings. The number of nitrogens with one attached hydrogen (secondary N) is 1.